The molecule has 0 saturated heterocycles. The Hall–Kier alpha value is -1.21. The van der Waals surface area contributed by atoms with Crippen LogP contribution in [0.4, 0.5) is 22.0 Å². The minimum absolute atomic E-state index is 0.0356. The van der Waals surface area contributed by atoms with Crippen molar-refractivity contribution in [3.8, 4) is 0 Å². The minimum Gasteiger partial charge on any atom is -0.384 e. The van der Waals surface area contributed by atoms with Gasteiger partial charge in [0.25, 0.3) is 6.43 Å². The second kappa shape index (κ2) is 6.05. The Morgan fingerprint density at radius 3 is 2.25 bits per heavy atom. The lowest BCUT2D eigenvalue weighted by atomic mass is 9.93. The van der Waals surface area contributed by atoms with Crippen molar-refractivity contribution in [2.45, 2.75) is 25.1 Å². The molecule has 1 N–H and O–H groups in total. The molecule has 0 radical (unpaired) electrons. The summed E-state index contributed by atoms with van der Waals surface area (Å²) < 4.78 is 62.2. The second-order valence-electron chi connectivity index (χ2n) is 4.94. The fourth-order valence-corrected chi connectivity index (χ4v) is 1.95. The van der Waals surface area contributed by atoms with E-state index in [1.807, 2.05) is 0 Å². The monoisotopic (exact) mass is 297 g/mol. The number of alkyl halides is 5. The summed E-state index contributed by atoms with van der Waals surface area (Å²) in [4.78, 5) is 1.17. The summed E-state index contributed by atoms with van der Waals surface area (Å²) in [6.07, 6.45) is -7.08. The Labute approximate surface area is 113 Å². The maximum absolute atomic E-state index is 12.6. The van der Waals surface area contributed by atoms with Crippen molar-refractivity contribution in [3.05, 3.63) is 35.4 Å². The van der Waals surface area contributed by atoms with Crippen LogP contribution in [0.5, 0.6) is 0 Å². The zero-order valence-corrected chi connectivity index (χ0v) is 11.1. The van der Waals surface area contributed by atoms with Gasteiger partial charge < -0.3 is 5.11 Å². The quantitative estimate of drug-likeness (QED) is 0.844. The van der Waals surface area contributed by atoms with Gasteiger partial charge in [-0.25, -0.2) is 8.78 Å². The largest absolute Gasteiger partial charge is 0.416 e. The predicted molar refractivity (Wildman–Crippen MR) is 64.5 cm³/mol. The van der Waals surface area contributed by atoms with Gasteiger partial charge in [0.2, 0.25) is 0 Å². The normalized spacial score (nSPS) is 15.7. The van der Waals surface area contributed by atoms with Crippen LogP contribution in [0, 0.1) is 0 Å². The number of hydrogen-bond donors (Lipinski definition) is 1. The third kappa shape index (κ3) is 4.72. The number of halogens is 5. The third-order valence-corrected chi connectivity index (χ3v) is 2.84. The molecule has 0 spiro atoms. The molecular formula is C13H16F5NO. The highest BCUT2D eigenvalue weighted by atomic mass is 19.4. The molecule has 20 heavy (non-hydrogen) atoms. The molecule has 114 valence electrons. The van der Waals surface area contributed by atoms with Crippen LogP contribution < -0.4 is 0 Å². The van der Waals surface area contributed by atoms with Gasteiger partial charge in [-0.2, -0.15) is 13.2 Å². The molecule has 0 bridgehead atoms. The van der Waals surface area contributed by atoms with Crippen LogP contribution in [0.1, 0.15) is 18.1 Å². The van der Waals surface area contributed by atoms with E-state index >= 15 is 0 Å². The molecule has 1 rings (SSSR count). The Morgan fingerprint density at radius 1 is 1.20 bits per heavy atom. The van der Waals surface area contributed by atoms with E-state index in [2.05, 4.69) is 0 Å². The van der Waals surface area contributed by atoms with Gasteiger partial charge >= 0.3 is 6.18 Å². The Balaban J connectivity index is 2.92. The van der Waals surface area contributed by atoms with E-state index in [0.717, 1.165) is 12.1 Å². The van der Waals surface area contributed by atoms with E-state index in [0.29, 0.717) is 0 Å². The molecule has 0 aliphatic heterocycles. The molecule has 1 atom stereocenters. The zero-order valence-electron chi connectivity index (χ0n) is 11.1. The lowest BCUT2D eigenvalue weighted by molar-refractivity contribution is -0.137. The molecule has 0 fully saturated rings. The van der Waals surface area contributed by atoms with Crippen molar-refractivity contribution >= 4 is 0 Å². The maximum atomic E-state index is 12.6. The lowest BCUT2D eigenvalue weighted by Gasteiger charge is -2.29. The Bertz CT molecular complexity index is 445. The lowest BCUT2D eigenvalue weighted by Crippen LogP contribution is -2.39. The molecule has 1 aromatic carbocycles. The SMILES string of the molecule is CN(CC(F)F)CC(C)(O)c1cccc(C(F)(F)F)c1. The summed E-state index contributed by atoms with van der Waals surface area (Å²) in [5, 5.41) is 10.2. The van der Waals surface area contributed by atoms with E-state index < -0.39 is 30.3 Å². The van der Waals surface area contributed by atoms with E-state index in [9.17, 15) is 27.1 Å². The molecule has 1 unspecified atom stereocenters. The molecule has 0 aromatic heterocycles. The van der Waals surface area contributed by atoms with Gasteiger partial charge in [0.15, 0.2) is 0 Å². The first-order valence-corrected chi connectivity index (χ1v) is 5.89. The number of nitrogens with zero attached hydrogens (tertiary/aromatic N) is 1. The molecule has 0 saturated carbocycles. The standard InChI is InChI=1S/C13H16F5NO/c1-12(20,8-19(2)7-11(14)15)9-4-3-5-10(6-9)13(16,17)18/h3-6,11,20H,7-8H2,1-2H3. The summed E-state index contributed by atoms with van der Waals surface area (Å²) in [6.45, 7) is 0.540. The smallest absolute Gasteiger partial charge is 0.384 e. The highest BCUT2D eigenvalue weighted by Crippen LogP contribution is 2.32. The number of hydrogen-bond acceptors (Lipinski definition) is 2. The third-order valence-electron chi connectivity index (χ3n) is 2.84. The number of benzene rings is 1. The average Bonchev–Trinajstić information content (AvgIpc) is 2.26. The fourth-order valence-electron chi connectivity index (χ4n) is 1.95. The van der Waals surface area contributed by atoms with Crippen molar-refractivity contribution in [2.24, 2.45) is 0 Å². The molecule has 2 nitrogen and oxygen atoms in total. The van der Waals surface area contributed by atoms with Crippen molar-refractivity contribution in [1.82, 2.24) is 4.90 Å². The summed E-state index contributed by atoms with van der Waals surface area (Å²) >= 11 is 0. The summed E-state index contributed by atoms with van der Waals surface area (Å²) in [5.74, 6) is 0. The molecule has 0 amide bonds. The first-order chi connectivity index (χ1) is 9.02. The number of likely N-dealkylation sites (N-methyl/N-ethyl adjacent to an activating group) is 1. The Kier molecular flexibility index (Phi) is 5.10. The zero-order chi connectivity index (χ0) is 15.6. The van der Waals surface area contributed by atoms with E-state index in [1.54, 1.807) is 0 Å². The van der Waals surface area contributed by atoms with Gasteiger partial charge in [-0.3, -0.25) is 4.90 Å². The van der Waals surface area contributed by atoms with Crippen LogP contribution in [-0.2, 0) is 11.8 Å². The fraction of sp³-hybridized carbons (Fsp3) is 0.538. The van der Waals surface area contributed by atoms with Crippen molar-refractivity contribution in [3.63, 3.8) is 0 Å². The molecule has 0 heterocycles. The minimum atomic E-state index is -4.51. The van der Waals surface area contributed by atoms with Crippen LogP contribution >= 0.6 is 0 Å². The number of rotatable bonds is 5. The molecule has 1 aromatic rings. The molecular weight excluding hydrogens is 281 g/mol. The highest BCUT2D eigenvalue weighted by molar-refractivity contribution is 5.29. The van der Waals surface area contributed by atoms with E-state index in [1.165, 1.54) is 31.0 Å². The van der Waals surface area contributed by atoms with Gasteiger partial charge in [0.05, 0.1) is 17.7 Å². The topological polar surface area (TPSA) is 23.5 Å². The number of aliphatic hydroxyl groups is 1. The van der Waals surface area contributed by atoms with E-state index in [4.69, 9.17) is 0 Å². The van der Waals surface area contributed by atoms with Crippen molar-refractivity contribution in [1.29, 1.82) is 0 Å². The first-order valence-electron chi connectivity index (χ1n) is 5.89. The molecule has 0 aliphatic carbocycles. The first kappa shape index (κ1) is 16.8. The maximum Gasteiger partial charge on any atom is 0.416 e. The predicted octanol–water partition coefficient (Wildman–Crippen LogP) is 3.11. The van der Waals surface area contributed by atoms with Crippen LogP contribution in [0.25, 0.3) is 0 Å². The van der Waals surface area contributed by atoms with Crippen molar-refractivity contribution < 1.29 is 27.1 Å². The van der Waals surface area contributed by atoms with Gasteiger partial charge in [-0.05, 0) is 31.7 Å². The van der Waals surface area contributed by atoms with E-state index in [-0.39, 0.29) is 12.1 Å². The average molecular weight is 297 g/mol. The summed E-state index contributed by atoms with van der Waals surface area (Å²) in [7, 11) is 1.37. The summed E-state index contributed by atoms with van der Waals surface area (Å²) in [5.41, 5.74) is -2.49. The van der Waals surface area contributed by atoms with Crippen LogP contribution in [-0.4, -0.2) is 36.6 Å². The van der Waals surface area contributed by atoms with Gasteiger partial charge in [-0.1, -0.05) is 12.1 Å². The van der Waals surface area contributed by atoms with Gasteiger partial charge in [0, 0.05) is 6.54 Å². The Morgan fingerprint density at radius 2 is 1.75 bits per heavy atom. The van der Waals surface area contributed by atoms with Crippen LogP contribution in [0.3, 0.4) is 0 Å². The van der Waals surface area contributed by atoms with Crippen LogP contribution in [0.2, 0.25) is 0 Å². The molecule has 7 heteroatoms. The van der Waals surface area contributed by atoms with Crippen LogP contribution in [0.15, 0.2) is 24.3 Å². The highest BCUT2D eigenvalue weighted by Gasteiger charge is 2.33. The van der Waals surface area contributed by atoms with Crippen molar-refractivity contribution in [2.75, 3.05) is 20.1 Å². The van der Waals surface area contributed by atoms with Gasteiger partial charge in [0.1, 0.15) is 0 Å². The second-order valence-corrected chi connectivity index (χ2v) is 4.94. The summed E-state index contributed by atoms with van der Waals surface area (Å²) in [6, 6.07) is 4.24. The molecule has 0 aliphatic rings. The van der Waals surface area contributed by atoms with Gasteiger partial charge in [-0.15, -0.1) is 0 Å².